The minimum Gasteiger partial charge on any atom is -0.389 e. The van der Waals surface area contributed by atoms with Gasteiger partial charge in [0.2, 0.25) is 0 Å². The summed E-state index contributed by atoms with van der Waals surface area (Å²) in [6, 6.07) is 4.40. The summed E-state index contributed by atoms with van der Waals surface area (Å²) in [6.07, 6.45) is 6.20. The first-order chi connectivity index (χ1) is 13.3. The molecule has 0 amide bonds. The molecule has 1 fully saturated rings. The Bertz CT molecular complexity index is 706. The van der Waals surface area contributed by atoms with Crippen LogP contribution in [0.1, 0.15) is 75.5 Å². The number of rotatable bonds is 7. The number of benzene rings is 1. The average molecular weight is 386 g/mol. The number of aliphatic hydroxyl groups is 1. The molecule has 1 aromatic rings. The van der Waals surface area contributed by atoms with Gasteiger partial charge < -0.3 is 15.3 Å². The highest BCUT2D eigenvalue weighted by atomic mass is 16.3. The molecule has 1 aromatic carbocycles. The topological polar surface area (TPSA) is 59.4 Å². The van der Waals surface area contributed by atoms with E-state index in [1.807, 2.05) is 7.05 Å². The molecule has 0 spiro atoms. The van der Waals surface area contributed by atoms with Crippen molar-refractivity contribution in [3.05, 3.63) is 40.1 Å². The van der Waals surface area contributed by atoms with E-state index in [0.717, 1.165) is 68.4 Å². The van der Waals surface area contributed by atoms with Gasteiger partial charge in [-0.15, -0.1) is 0 Å². The molecule has 3 N–H and O–H groups in total. The van der Waals surface area contributed by atoms with Gasteiger partial charge in [-0.25, -0.2) is 0 Å². The van der Waals surface area contributed by atoms with Gasteiger partial charge in [-0.1, -0.05) is 44.4 Å². The lowest BCUT2D eigenvalue weighted by molar-refractivity contribution is 0.0515. The Morgan fingerprint density at radius 1 is 1.11 bits per heavy atom. The maximum absolute atomic E-state index is 11.5. The minimum atomic E-state index is -0.882. The summed E-state index contributed by atoms with van der Waals surface area (Å²) < 4.78 is 0. The van der Waals surface area contributed by atoms with Crippen LogP contribution in [0, 0.1) is 26.2 Å². The molecule has 1 heterocycles. The molecule has 4 heteroatoms. The van der Waals surface area contributed by atoms with Crippen molar-refractivity contribution in [2.75, 3.05) is 18.5 Å². The molecule has 0 radical (unpaired) electrons. The zero-order valence-electron chi connectivity index (χ0n) is 18.7. The second-order valence-electron chi connectivity index (χ2n) is 8.34. The van der Waals surface area contributed by atoms with Crippen molar-refractivity contribution < 1.29 is 5.11 Å². The van der Waals surface area contributed by atoms with Gasteiger partial charge in [0.15, 0.2) is 0 Å². The normalized spacial score (nSPS) is 17.5. The Kier molecular flexibility index (Phi) is 7.70. The number of anilines is 1. The maximum atomic E-state index is 11.5. The van der Waals surface area contributed by atoms with Crippen LogP contribution in [0.15, 0.2) is 23.4 Å². The summed E-state index contributed by atoms with van der Waals surface area (Å²) in [5, 5.41) is 23.9. The summed E-state index contributed by atoms with van der Waals surface area (Å²) in [4.78, 5) is 2.17. The fourth-order valence-electron chi connectivity index (χ4n) is 4.90. The second-order valence-corrected chi connectivity index (χ2v) is 8.34. The number of nitrogens with one attached hydrogen (secondary N) is 2. The van der Waals surface area contributed by atoms with Crippen molar-refractivity contribution in [1.29, 1.82) is 5.41 Å². The molecule has 156 valence electrons. The van der Waals surface area contributed by atoms with Crippen LogP contribution in [0.2, 0.25) is 0 Å². The van der Waals surface area contributed by atoms with Crippen LogP contribution in [0.5, 0.6) is 0 Å². The second kappa shape index (κ2) is 9.60. The lowest BCUT2D eigenvalue weighted by Crippen LogP contribution is -2.41. The van der Waals surface area contributed by atoms with Crippen molar-refractivity contribution in [2.24, 2.45) is 0 Å². The van der Waals surface area contributed by atoms with E-state index < -0.39 is 5.60 Å². The van der Waals surface area contributed by atoms with Gasteiger partial charge in [0, 0.05) is 30.5 Å². The third-order valence-corrected chi connectivity index (χ3v) is 5.86. The smallest absolute Gasteiger partial charge is 0.130 e. The monoisotopic (exact) mass is 385 g/mol. The molecular formula is C24H39N3O. The predicted octanol–water partition coefficient (Wildman–Crippen LogP) is 5.38. The van der Waals surface area contributed by atoms with Crippen LogP contribution >= 0.6 is 0 Å². The Morgan fingerprint density at radius 2 is 1.68 bits per heavy atom. The third-order valence-electron chi connectivity index (χ3n) is 5.86. The molecule has 1 aliphatic heterocycles. The Hall–Kier alpha value is -1.81. The van der Waals surface area contributed by atoms with E-state index in [9.17, 15) is 5.11 Å². The molecule has 0 saturated carbocycles. The Balaban J connectivity index is 2.58. The number of hydrogen-bond acceptors (Lipinski definition) is 3. The minimum absolute atomic E-state index is 0.544. The average Bonchev–Trinajstić information content (AvgIpc) is 2.78. The SMILES string of the molecule is CCCC(O)(CCC)/C(NC)=C1\CCCCN(c2c(C)cc(C)cc2C)C1=N. The van der Waals surface area contributed by atoms with E-state index in [1.165, 1.54) is 16.7 Å². The predicted molar refractivity (Wildman–Crippen MR) is 120 cm³/mol. The van der Waals surface area contributed by atoms with Gasteiger partial charge in [0.25, 0.3) is 0 Å². The molecule has 0 aliphatic carbocycles. The van der Waals surface area contributed by atoms with E-state index in [4.69, 9.17) is 5.41 Å². The highest BCUT2D eigenvalue weighted by Crippen LogP contribution is 2.35. The molecule has 0 bridgehead atoms. The molecule has 4 nitrogen and oxygen atoms in total. The standard InChI is InChI=1S/C24H39N3O/c1-7-12-24(28,13-8-2)22(26-6)20-11-9-10-14-27(23(20)25)21-18(4)15-17(3)16-19(21)5/h15-16,25-26,28H,7-14H2,1-6H3/b22-20-,25-23?. The van der Waals surface area contributed by atoms with Crippen molar-refractivity contribution in [3.8, 4) is 0 Å². The van der Waals surface area contributed by atoms with Crippen LogP contribution in [0.3, 0.4) is 0 Å². The van der Waals surface area contributed by atoms with Crippen LogP contribution in [0.4, 0.5) is 5.69 Å². The van der Waals surface area contributed by atoms with Gasteiger partial charge >= 0.3 is 0 Å². The molecule has 28 heavy (non-hydrogen) atoms. The van der Waals surface area contributed by atoms with E-state index in [-0.39, 0.29) is 0 Å². The van der Waals surface area contributed by atoms with E-state index >= 15 is 0 Å². The fourth-order valence-corrected chi connectivity index (χ4v) is 4.90. The quantitative estimate of drug-likeness (QED) is 0.590. The lowest BCUT2D eigenvalue weighted by atomic mass is 9.85. The number of amidine groups is 1. The molecular weight excluding hydrogens is 346 g/mol. The zero-order chi connectivity index (χ0) is 20.9. The lowest BCUT2D eigenvalue weighted by Gasteiger charge is -2.35. The van der Waals surface area contributed by atoms with Gasteiger partial charge in [-0.3, -0.25) is 5.41 Å². The van der Waals surface area contributed by atoms with Crippen LogP contribution < -0.4 is 10.2 Å². The first kappa shape index (κ1) is 22.5. The van der Waals surface area contributed by atoms with Crippen molar-refractivity contribution in [1.82, 2.24) is 5.32 Å². The molecule has 1 aliphatic rings. The van der Waals surface area contributed by atoms with Crippen molar-refractivity contribution >= 4 is 11.5 Å². The fraction of sp³-hybridized carbons (Fsp3) is 0.625. The largest absolute Gasteiger partial charge is 0.389 e. The van der Waals surface area contributed by atoms with Gasteiger partial charge in [0.05, 0.1) is 0 Å². The number of nitrogens with zero attached hydrogens (tertiary/aromatic N) is 1. The van der Waals surface area contributed by atoms with E-state index in [0.29, 0.717) is 5.84 Å². The van der Waals surface area contributed by atoms with Gasteiger partial charge in [0.1, 0.15) is 11.4 Å². The highest BCUT2D eigenvalue weighted by molar-refractivity contribution is 6.09. The summed E-state index contributed by atoms with van der Waals surface area (Å²) >= 11 is 0. The summed E-state index contributed by atoms with van der Waals surface area (Å²) in [5.41, 5.74) is 5.79. The van der Waals surface area contributed by atoms with E-state index in [1.54, 1.807) is 0 Å². The Morgan fingerprint density at radius 3 is 2.18 bits per heavy atom. The molecule has 0 unspecified atom stereocenters. The summed E-state index contributed by atoms with van der Waals surface area (Å²) in [5.74, 6) is 0.544. The van der Waals surface area contributed by atoms with Gasteiger partial charge in [-0.2, -0.15) is 0 Å². The summed E-state index contributed by atoms with van der Waals surface area (Å²) in [7, 11) is 1.89. The van der Waals surface area contributed by atoms with Crippen molar-refractivity contribution in [2.45, 2.75) is 85.2 Å². The molecule has 0 aromatic heterocycles. The van der Waals surface area contributed by atoms with Crippen LogP contribution in [-0.4, -0.2) is 30.1 Å². The number of hydrogen-bond donors (Lipinski definition) is 3. The molecule has 1 saturated heterocycles. The maximum Gasteiger partial charge on any atom is 0.130 e. The number of aryl methyl sites for hydroxylation is 3. The third kappa shape index (κ3) is 4.60. The zero-order valence-corrected chi connectivity index (χ0v) is 18.7. The highest BCUT2D eigenvalue weighted by Gasteiger charge is 2.34. The molecule has 0 atom stereocenters. The summed E-state index contributed by atoms with van der Waals surface area (Å²) in [6.45, 7) is 11.5. The number of likely N-dealkylation sites (N-methyl/N-ethyl adjacent to an activating group) is 1. The Labute approximate surface area is 171 Å². The van der Waals surface area contributed by atoms with Crippen LogP contribution in [0.25, 0.3) is 0 Å². The molecule has 2 rings (SSSR count). The van der Waals surface area contributed by atoms with Crippen molar-refractivity contribution in [3.63, 3.8) is 0 Å². The van der Waals surface area contributed by atoms with E-state index in [2.05, 4.69) is 57.0 Å². The van der Waals surface area contributed by atoms with Gasteiger partial charge in [-0.05, 0) is 64.0 Å². The van der Waals surface area contributed by atoms with Crippen LogP contribution in [-0.2, 0) is 0 Å². The first-order valence-corrected chi connectivity index (χ1v) is 10.9. The first-order valence-electron chi connectivity index (χ1n) is 10.9.